The molecule has 0 unspecified atom stereocenters. The highest BCUT2D eigenvalue weighted by Gasteiger charge is 2.15. The topological polar surface area (TPSA) is 38.3 Å². The summed E-state index contributed by atoms with van der Waals surface area (Å²) in [6.07, 6.45) is 3.47. The van der Waals surface area contributed by atoms with E-state index in [1.807, 2.05) is 42.5 Å². The van der Waals surface area contributed by atoms with Crippen molar-refractivity contribution in [3.8, 4) is 11.1 Å². The van der Waals surface area contributed by atoms with Gasteiger partial charge in [-0.15, -0.1) is 0 Å². The van der Waals surface area contributed by atoms with Crippen molar-refractivity contribution in [1.82, 2.24) is 5.32 Å². The number of ether oxygens (including phenoxy) is 1. The summed E-state index contributed by atoms with van der Waals surface area (Å²) in [7, 11) is 0. The molecule has 22 heavy (non-hydrogen) atoms. The Morgan fingerprint density at radius 2 is 1.77 bits per heavy atom. The van der Waals surface area contributed by atoms with Gasteiger partial charge in [0.05, 0.1) is 6.10 Å². The van der Waals surface area contributed by atoms with Crippen molar-refractivity contribution in [2.75, 3.05) is 13.2 Å². The minimum atomic E-state index is -0.0161. The zero-order chi connectivity index (χ0) is 15.2. The fourth-order valence-corrected chi connectivity index (χ4v) is 2.77. The van der Waals surface area contributed by atoms with Gasteiger partial charge in [-0.25, -0.2) is 0 Å². The second-order valence-corrected chi connectivity index (χ2v) is 5.62. The molecule has 1 saturated heterocycles. The summed E-state index contributed by atoms with van der Waals surface area (Å²) in [6, 6.07) is 17.9. The van der Waals surface area contributed by atoms with E-state index < -0.39 is 0 Å². The van der Waals surface area contributed by atoms with Crippen LogP contribution in [0.2, 0.25) is 0 Å². The van der Waals surface area contributed by atoms with Gasteiger partial charge in [0.2, 0.25) is 0 Å². The highest BCUT2D eigenvalue weighted by atomic mass is 16.5. The number of carbonyl (C=O) groups is 1. The standard InChI is InChI=1S/C19H21NO2/c21-19(20-13-12-18-7-4-14-22-18)17-10-8-16(9-11-17)15-5-2-1-3-6-15/h1-3,5-6,8-11,18H,4,7,12-14H2,(H,20,21)/t18-/m0/s1. The first kappa shape index (κ1) is 14.8. The van der Waals surface area contributed by atoms with Crippen LogP contribution in [-0.2, 0) is 4.74 Å². The van der Waals surface area contributed by atoms with Crippen molar-refractivity contribution in [2.45, 2.75) is 25.4 Å². The maximum absolute atomic E-state index is 12.1. The molecule has 1 aliphatic rings. The van der Waals surface area contributed by atoms with Gasteiger partial charge in [-0.2, -0.15) is 0 Å². The molecule has 3 heteroatoms. The third kappa shape index (κ3) is 3.74. The highest BCUT2D eigenvalue weighted by Crippen LogP contribution is 2.19. The summed E-state index contributed by atoms with van der Waals surface area (Å²) in [4.78, 5) is 12.1. The Morgan fingerprint density at radius 3 is 2.45 bits per heavy atom. The minimum absolute atomic E-state index is 0.0161. The Bertz CT molecular complexity index is 601. The van der Waals surface area contributed by atoms with Gasteiger partial charge in [-0.05, 0) is 42.5 Å². The van der Waals surface area contributed by atoms with Crippen LogP contribution >= 0.6 is 0 Å². The minimum Gasteiger partial charge on any atom is -0.378 e. The predicted octanol–water partition coefficient (Wildman–Crippen LogP) is 3.65. The van der Waals surface area contributed by atoms with Gasteiger partial charge in [0.25, 0.3) is 5.91 Å². The highest BCUT2D eigenvalue weighted by molar-refractivity contribution is 5.94. The van der Waals surface area contributed by atoms with E-state index in [4.69, 9.17) is 4.74 Å². The van der Waals surface area contributed by atoms with Crippen molar-refractivity contribution in [3.05, 3.63) is 60.2 Å². The van der Waals surface area contributed by atoms with Crippen LogP contribution in [0.25, 0.3) is 11.1 Å². The lowest BCUT2D eigenvalue weighted by atomic mass is 10.0. The Hall–Kier alpha value is -2.13. The SMILES string of the molecule is O=C(NCC[C@@H]1CCCO1)c1ccc(-c2ccccc2)cc1. The van der Waals surface area contributed by atoms with Crippen molar-refractivity contribution in [2.24, 2.45) is 0 Å². The van der Waals surface area contributed by atoms with Gasteiger partial charge in [0.1, 0.15) is 0 Å². The summed E-state index contributed by atoms with van der Waals surface area (Å²) in [6.45, 7) is 1.53. The van der Waals surface area contributed by atoms with E-state index in [2.05, 4.69) is 17.4 Å². The molecular formula is C19H21NO2. The lowest BCUT2D eigenvalue weighted by molar-refractivity contribution is 0.0907. The molecule has 0 spiro atoms. The van der Waals surface area contributed by atoms with Crippen LogP contribution in [0.4, 0.5) is 0 Å². The third-order valence-corrected chi connectivity index (χ3v) is 4.03. The second kappa shape index (κ2) is 7.23. The Labute approximate surface area is 131 Å². The predicted molar refractivity (Wildman–Crippen MR) is 87.8 cm³/mol. The van der Waals surface area contributed by atoms with Gasteiger partial charge in [0.15, 0.2) is 0 Å². The summed E-state index contributed by atoms with van der Waals surface area (Å²) >= 11 is 0. The number of rotatable bonds is 5. The fourth-order valence-electron chi connectivity index (χ4n) is 2.77. The molecule has 0 aliphatic carbocycles. The third-order valence-electron chi connectivity index (χ3n) is 4.03. The maximum Gasteiger partial charge on any atom is 0.251 e. The van der Waals surface area contributed by atoms with Crippen molar-refractivity contribution < 1.29 is 9.53 Å². The first-order valence-corrected chi connectivity index (χ1v) is 7.88. The van der Waals surface area contributed by atoms with Crippen molar-refractivity contribution in [3.63, 3.8) is 0 Å². The van der Waals surface area contributed by atoms with Gasteiger partial charge in [-0.1, -0.05) is 42.5 Å². The molecule has 2 aromatic carbocycles. The lowest BCUT2D eigenvalue weighted by Gasteiger charge is -2.10. The lowest BCUT2D eigenvalue weighted by Crippen LogP contribution is -2.26. The van der Waals surface area contributed by atoms with Gasteiger partial charge < -0.3 is 10.1 Å². The molecule has 114 valence electrons. The Kier molecular flexibility index (Phi) is 4.86. The molecule has 1 aliphatic heterocycles. The van der Waals surface area contributed by atoms with Gasteiger partial charge >= 0.3 is 0 Å². The molecule has 0 bridgehead atoms. The van der Waals surface area contributed by atoms with Crippen LogP contribution in [0.3, 0.4) is 0 Å². The molecule has 1 atom stereocenters. The first-order valence-electron chi connectivity index (χ1n) is 7.88. The van der Waals surface area contributed by atoms with E-state index >= 15 is 0 Å². The number of hydrogen-bond acceptors (Lipinski definition) is 2. The number of carbonyl (C=O) groups excluding carboxylic acids is 1. The van der Waals surface area contributed by atoms with Gasteiger partial charge in [0, 0.05) is 18.7 Å². The summed E-state index contributed by atoms with van der Waals surface area (Å²) in [5.74, 6) is -0.0161. The van der Waals surface area contributed by atoms with Crippen LogP contribution in [0.5, 0.6) is 0 Å². The first-order chi connectivity index (χ1) is 10.8. The van der Waals surface area contributed by atoms with Crippen LogP contribution in [0.1, 0.15) is 29.6 Å². The van der Waals surface area contributed by atoms with Crippen molar-refractivity contribution >= 4 is 5.91 Å². The molecule has 1 N–H and O–H groups in total. The summed E-state index contributed by atoms with van der Waals surface area (Å²) in [5, 5.41) is 2.97. The van der Waals surface area contributed by atoms with Crippen LogP contribution in [0.15, 0.2) is 54.6 Å². The Morgan fingerprint density at radius 1 is 1.05 bits per heavy atom. The quantitative estimate of drug-likeness (QED) is 0.914. The molecule has 1 amide bonds. The smallest absolute Gasteiger partial charge is 0.251 e. The molecule has 0 saturated carbocycles. The van der Waals surface area contributed by atoms with E-state index in [-0.39, 0.29) is 5.91 Å². The van der Waals surface area contributed by atoms with E-state index in [1.54, 1.807) is 0 Å². The zero-order valence-corrected chi connectivity index (χ0v) is 12.6. The van der Waals surface area contributed by atoms with Crippen molar-refractivity contribution in [1.29, 1.82) is 0 Å². The molecule has 0 aromatic heterocycles. The number of hydrogen-bond donors (Lipinski definition) is 1. The maximum atomic E-state index is 12.1. The number of amides is 1. The average Bonchev–Trinajstić information content (AvgIpc) is 3.09. The van der Waals surface area contributed by atoms with E-state index in [0.29, 0.717) is 18.2 Å². The molecule has 3 nitrogen and oxygen atoms in total. The Balaban J connectivity index is 1.54. The summed E-state index contributed by atoms with van der Waals surface area (Å²) < 4.78 is 5.55. The fraction of sp³-hybridized carbons (Fsp3) is 0.316. The molecule has 3 rings (SSSR count). The number of benzene rings is 2. The monoisotopic (exact) mass is 295 g/mol. The van der Waals surface area contributed by atoms with E-state index in [9.17, 15) is 4.79 Å². The molecule has 1 fully saturated rings. The zero-order valence-electron chi connectivity index (χ0n) is 12.6. The number of nitrogens with one attached hydrogen (secondary N) is 1. The second-order valence-electron chi connectivity index (χ2n) is 5.62. The molecule has 2 aromatic rings. The summed E-state index contributed by atoms with van der Waals surface area (Å²) in [5.41, 5.74) is 2.98. The van der Waals surface area contributed by atoms with Crippen LogP contribution in [0, 0.1) is 0 Å². The largest absolute Gasteiger partial charge is 0.378 e. The van der Waals surface area contributed by atoms with E-state index in [0.717, 1.165) is 37.0 Å². The average molecular weight is 295 g/mol. The molecule has 0 radical (unpaired) electrons. The van der Waals surface area contributed by atoms with E-state index in [1.165, 1.54) is 0 Å². The van der Waals surface area contributed by atoms with Gasteiger partial charge in [-0.3, -0.25) is 4.79 Å². The molecular weight excluding hydrogens is 274 g/mol. The van der Waals surface area contributed by atoms with Crippen LogP contribution in [-0.4, -0.2) is 25.2 Å². The molecule has 1 heterocycles. The van der Waals surface area contributed by atoms with Crippen LogP contribution < -0.4 is 5.32 Å². The normalized spacial score (nSPS) is 17.4.